The number of benzene rings is 2. The molecule has 3 aromatic rings. The van der Waals surface area contributed by atoms with E-state index in [0.717, 1.165) is 28.0 Å². The fourth-order valence-corrected chi connectivity index (χ4v) is 3.55. The van der Waals surface area contributed by atoms with Crippen LogP contribution in [0.4, 0.5) is 10.6 Å². The van der Waals surface area contributed by atoms with Gasteiger partial charge in [0, 0.05) is 30.8 Å². The number of aryl methyl sites for hydroxylation is 2. The molecule has 0 saturated heterocycles. The first kappa shape index (κ1) is 25.7. The van der Waals surface area contributed by atoms with Gasteiger partial charge in [0.05, 0.1) is 12.8 Å². The van der Waals surface area contributed by atoms with Crippen molar-refractivity contribution in [1.29, 1.82) is 0 Å². The molecule has 184 valence electrons. The van der Waals surface area contributed by atoms with E-state index in [0.29, 0.717) is 23.6 Å². The van der Waals surface area contributed by atoms with Crippen molar-refractivity contribution in [1.82, 2.24) is 14.9 Å². The molecule has 0 bridgehead atoms. The topological polar surface area (TPSA) is 93.7 Å². The van der Waals surface area contributed by atoms with E-state index >= 15 is 0 Å². The minimum atomic E-state index is -0.564. The second kappa shape index (κ2) is 10.5. The lowest BCUT2D eigenvalue weighted by molar-refractivity contribution is 0.0284. The highest BCUT2D eigenvalue weighted by Crippen LogP contribution is 2.23. The van der Waals surface area contributed by atoms with Crippen molar-refractivity contribution in [3.05, 3.63) is 71.0 Å². The number of rotatable bonds is 6. The van der Waals surface area contributed by atoms with Gasteiger partial charge in [-0.1, -0.05) is 0 Å². The Morgan fingerprint density at radius 3 is 2.20 bits per heavy atom. The summed E-state index contributed by atoms with van der Waals surface area (Å²) in [6.45, 7) is 9.73. The lowest BCUT2D eigenvalue weighted by Crippen LogP contribution is -2.34. The Morgan fingerprint density at radius 1 is 1.00 bits per heavy atom. The van der Waals surface area contributed by atoms with Crippen LogP contribution in [0.2, 0.25) is 0 Å². The van der Waals surface area contributed by atoms with Crippen molar-refractivity contribution in [2.24, 2.45) is 0 Å². The summed E-state index contributed by atoms with van der Waals surface area (Å²) < 4.78 is 10.6. The zero-order valence-corrected chi connectivity index (χ0v) is 21.3. The van der Waals surface area contributed by atoms with Gasteiger partial charge < -0.3 is 19.7 Å². The van der Waals surface area contributed by atoms with Crippen molar-refractivity contribution in [3.63, 3.8) is 0 Å². The second-order valence-electron chi connectivity index (χ2n) is 9.40. The van der Waals surface area contributed by atoms with Crippen molar-refractivity contribution in [2.75, 3.05) is 19.5 Å². The Labute approximate surface area is 206 Å². The summed E-state index contributed by atoms with van der Waals surface area (Å²) in [7, 11) is 3.31. The molecular weight excluding hydrogens is 444 g/mol. The van der Waals surface area contributed by atoms with Gasteiger partial charge in [0.15, 0.2) is 0 Å². The first-order valence-corrected chi connectivity index (χ1v) is 11.3. The zero-order chi connectivity index (χ0) is 25.8. The van der Waals surface area contributed by atoms with Gasteiger partial charge in [-0.3, -0.25) is 4.79 Å². The number of hydrogen-bond donors (Lipinski definition) is 1. The van der Waals surface area contributed by atoms with Crippen LogP contribution >= 0.6 is 0 Å². The third kappa shape index (κ3) is 6.79. The van der Waals surface area contributed by atoms with Crippen molar-refractivity contribution < 1.29 is 19.1 Å². The Balaban J connectivity index is 1.74. The van der Waals surface area contributed by atoms with Crippen LogP contribution < -0.4 is 10.1 Å². The van der Waals surface area contributed by atoms with Gasteiger partial charge in [-0.2, -0.15) is 0 Å². The number of amides is 2. The highest BCUT2D eigenvalue weighted by Gasteiger charge is 2.21. The molecule has 8 heteroatoms. The molecule has 0 fully saturated rings. The predicted molar refractivity (Wildman–Crippen MR) is 136 cm³/mol. The molecule has 2 amide bonds. The van der Waals surface area contributed by atoms with E-state index in [9.17, 15) is 9.59 Å². The van der Waals surface area contributed by atoms with Crippen LogP contribution in [0.25, 0.3) is 11.3 Å². The smallest absolute Gasteiger partial charge is 0.410 e. The van der Waals surface area contributed by atoms with Gasteiger partial charge in [0.2, 0.25) is 0 Å². The van der Waals surface area contributed by atoms with E-state index in [2.05, 4.69) is 15.3 Å². The van der Waals surface area contributed by atoms with Crippen LogP contribution in [0.5, 0.6) is 5.75 Å². The molecule has 0 unspecified atom stereocenters. The van der Waals surface area contributed by atoms with Gasteiger partial charge in [-0.15, -0.1) is 0 Å². The van der Waals surface area contributed by atoms with Crippen LogP contribution in [0.3, 0.4) is 0 Å². The molecule has 0 atom stereocenters. The quantitative estimate of drug-likeness (QED) is 0.513. The number of nitrogens with zero attached hydrogens (tertiary/aromatic N) is 3. The monoisotopic (exact) mass is 476 g/mol. The highest BCUT2D eigenvalue weighted by molar-refractivity contribution is 6.04. The van der Waals surface area contributed by atoms with Crippen LogP contribution in [-0.2, 0) is 11.3 Å². The number of methoxy groups -OCH3 is 1. The van der Waals surface area contributed by atoms with E-state index in [1.807, 2.05) is 71.0 Å². The molecule has 0 aliphatic heterocycles. The Morgan fingerprint density at radius 2 is 1.63 bits per heavy atom. The molecule has 0 saturated carbocycles. The molecule has 0 aliphatic carbocycles. The number of anilines is 1. The number of ether oxygens (including phenoxy) is 2. The minimum absolute atomic E-state index is 0.275. The highest BCUT2D eigenvalue weighted by atomic mass is 16.6. The number of hydrogen-bond acceptors (Lipinski definition) is 6. The summed E-state index contributed by atoms with van der Waals surface area (Å²) in [6, 6.07) is 12.8. The summed E-state index contributed by atoms with van der Waals surface area (Å²) in [5.74, 6) is 0.880. The van der Waals surface area contributed by atoms with Crippen LogP contribution in [0.15, 0.2) is 48.8 Å². The summed E-state index contributed by atoms with van der Waals surface area (Å²) in [5, 5.41) is 2.85. The predicted octanol–water partition coefficient (Wildman–Crippen LogP) is 5.39. The van der Waals surface area contributed by atoms with Crippen molar-refractivity contribution in [2.45, 2.75) is 46.8 Å². The maximum Gasteiger partial charge on any atom is 0.410 e. The lowest BCUT2D eigenvalue weighted by Gasteiger charge is -2.25. The number of carbonyl (C=O) groups excluding carboxylic acids is 2. The largest absolute Gasteiger partial charge is 0.497 e. The van der Waals surface area contributed by atoms with E-state index in [4.69, 9.17) is 9.47 Å². The van der Waals surface area contributed by atoms with Gasteiger partial charge in [-0.05, 0) is 87.7 Å². The molecule has 1 N–H and O–H groups in total. The summed E-state index contributed by atoms with van der Waals surface area (Å²) in [6.07, 6.45) is 1.02. The summed E-state index contributed by atoms with van der Waals surface area (Å²) in [5.41, 5.74) is 4.30. The molecule has 0 spiro atoms. The maximum absolute atomic E-state index is 13.0. The molecule has 35 heavy (non-hydrogen) atoms. The van der Waals surface area contributed by atoms with Gasteiger partial charge >= 0.3 is 6.09 Å². The molecule has 0 radical (unpaired) electrons. The van der Waals surface area contributed by atoms with Gasteiger partial charge in [0.25, 0.3) is 5.91 Å². The number of aromatic nitrogens is 2. The molecule has 1 aromatic heterocycles. The van der Waals surface area contributed by atoms with E-state index in [-0.39, 0.29) is 5.91 Å². The van der Waals surface area contributed by atoms with Crippen molar-refractivity contribution >= 4 is 17.8 Å². The fraction of sp³-hybridized carbons (Fsp3) is 0.333. The fourth-order valence-electron chi connectivity index (χ4n) is 3.55. The van der Waals surface area contributed by atoms with E-state index in [1.165, 1.54) is 11.2 Å². The number of nitrogens with one attached hydrogen (secondary N) is 1. The van der Waals surface area contributed by atoms with Crippen LogP contribution in [-0.4, -0.2) is 46.6 Å². The summed E-state index contributed by atoms with van der Waals surface area (Å²) >= 11 is 0. The molecule has 2 aromatic carbocycles. The first-order chi connectivity index (χ1) is 16.5. The SMILES string of the molecule is COc1ccc(-c2cc(NC(=O)c3cc(C)c(CN(C)C(=O)OC(C)(C)C)c(C)c3)ncn2)cc1. The third-order valence-electron chi connectivity index (χ3n) is 5.35. The molecule has 0 aliphatic rings. The average Bonchev–Trinajstić information content (AvgIpc) is 2.80. The van der Waals surface area contributed by atoms with Gasteiger partial charge in [-0.25, -0.2) is 14.8 Å². The molecular formula is C27H32N4O4. The Bertz CT molecular complexity index is 1190. The average molecular weight is 477 g/mol. The third-order valence-corrected chi connectivity index (χ3v) is 5.35. The molecule has 8 nitrogen and oxygen atoms in total. The standard InChI is InChI=1S/C27H32N4O4/c1-17-12-20(13-18(2)22(17)15-31(6)26(33)35-27(3,4)5)25(32)30-24-14-23(28-16-29-24)19-8-10-21(34-7)11-9-19/h8-14,16H,15H2,1-7H3,(H,28,29,30,32). The van der Waals surface area contributed by atoms with Crippen LogP contribution in [0.1, 0.15) is 47.8 Å². The normalized spacial score (nSPS) is 11.1. The second-order valence-corrected chi connectivity index (χ2v) is 9.40. The first-order valence-electron chi connectivity index (χ1n) is 11.3. The van der Waals surface area contributed by atoms with E-state index in [1.54, 1.807) is 20.2 Å². The Kier molecular flexibility index (Phi) is 7.74. The Hall–Kier alpha value is -3.94. The summed E-state index contributed by atoms with van der Waals surface area (Å²) in [4.78, 5) is 35.3. The maximum atomic E-state index is 13.0. The zero-order valence-electron chi connectivity index (χ0n) is 21.3. The van der Waals surface area contributed by atoms with Gasteiger partial charge in [0.1, 0.15) is 23.5 Å². The number of carbonyl (C=O) groups is 2. The molecule has 3 rings (SSSR count). The molecule has 1 heterocycles. The minimum Gasteiger partial charge on any atom is -0.497 e. The van der Waals surface area contributed by atoms with E-state index < -0.39 is 11.7 Å². The van der Waals surface area contributed by atoms with Crippen molar-refractivity contribution in [3.8, 4) is 17.0 Å². The lowest BCUT2D eigenvalue weighted by atomic mass is 9.98. The van der Waals surface area contributed by atoms with Crippen LogP contribution in [0, 0.1) is 13.8 Å².